The van der Waals surface area contributed by atoms with Gasteiger partial charge in [-0.15, -0.1) is 0 Å². The van der Waals surface area contributed by atoms with Crippen molar-refractivity contribution < 1.29 is 14.3 Å². The first-order chi connectivity index (χ1) is 23.8. The third-order valence-corrected chi connectivity index (χ3v) is 11.5. The van der Waals surface area contributed by atoms with Gasteiger partial charge in [0.2, 0.25) is 5.91 Å². The number of amides is 3. The standard InChI is InChI=1S/C40H49Cl2N5O3/c1-7-50-33-24-34(38(2,3)4)43-25-32(33)35-45-39(5,27-12-16-29(41)17-13-27)40(6,28-14-18-30(42)19-15-28)47(35)37(49)46-22-20-26(21-23-46)36(48)44-31-10-8-9-11-31/h12-19,24-26,31H,7-11,20-23H2,1-6H3,(H,44,48)/t39-,40+/m0/s1. The normalized spacial score (nSPS) is 23.2. The van der Waals surface area contributed by atoms with Crippen LogP contribution in [0, 0.1) is 5.92 Å². The fourth-order valence-electron chi connectivity index (χ4n) is 7.72. The van der Waals surface area contributed by atoms with E-state index in [1.54, 1.807) is 6.20 Å². The predicted octanol–water partition coefficient (Wildman–Crippen LogP) is 8.87. The molecule has 2 atom stereocenters. The number of hydrogen-bond acceptors (Lipinski definition) is 5. The molecule has 3 heterocycles. The van der Waals surface area contributed by atoms with E-state index in [0.29, 0.717) is 59.7 Å². The summed E-state index contributed by atoms with van der Waals surface area (Å²) < 4.78 is 6.28. The molecule has 50 heavy (non-hydrogen) atoms. The van der Waals surface area contributed by atoms with Crippen molar-refractivity contribution in [2.75, 3.05) is 19.7 Å². The summed E-state index contributed by atoms with van der Waals surface area (Å²) in [5, 5.41) is 4.48. The Bertz CT molecular complexity index is 1740. The highest BCUT2D eigenvalue weighted by atomic mass is 35.5. The number of ether oxygens (including phenoxy) is 1. The summed E-state index contributed by atoms with van der Waals surface area (Å²) in [7, 11) is 0. The van der Waals surface area contributed by atoms with Crippen molar-refractivity contribution in [3.63, 3.8) is 0 Å². The summed E-state index contributed by atoms with van der Waals surface area (Å²) >= 11 is 12.8. The lowest BCUT2D eigenvalue weighted by Gasteiger charge is -2.47. The molecule has 2 aromatic carbocycles. The van der Waals surface area contributed by atoms with Crippen molar-refractivity contribution in [2.45, 2.75) is 103 Å². The number of aliphatic imine (C=N–C) groups is 1. The molecule has 3 aliphatic rings. The third-order valence-electron chi connectivity index (χ3n) is 11.0. The number of nitrogens with zero attached hydrogens (tertiary/aromatic N) is 4. The number of carbonyl (C=O) groups excluding carboxylic acids is 2. The Balaban J connectivity index is 1.46. The number of nitrogens with one attached hydrogen (secondary N) is 1. The van der Waals surface area contributed by atoms with Crippen molar-refractivity contribution >= 4 is 41.0 Å². The maximum absolute atomic E-state index is 15.2. The van der Waals surface area contributed by atoms with E-state index in [9.17, 15) is 4.79 Å². The van der Waals surface area contributed by atoms with Crippen LogP contribution in [0.4, 0.5) is 4.79 Å². The minimum absolute atomic E-state index is 0.111. The van der Waals surface area contributed by atoms with Crippen molar-refractivity contribution in [1.29, 1.82) is 0 Å². The van der Waals surface area contributed by atoms with E-state index in [2.05, 4.69) is 39.9 Å². The van der Waals surface area contributed by atoms with Crippen LogP contribution in [0.3, 0.4) is 0 Å². The molecule has 6 rings (SSSR count). The first-order valence-corrected chi connectivity index (χ1v) is 18.7. The SMILES string of the molecule is CCOc1cc(C(C)(C)C)ncc1C1=N[C@@](C)(c2ccc(Cl)cc2)[C@@](C)(c2ccc(Cl)cc2)N1C(=O)N1CCC(C(=O)NC2CCCC2)CC1. The zero-order chi connectivity index (χ0) is 35.8. The van der Waals surface area contributed by atoms with E-state index in [1.807, 2.05) is 71.3 Å². The van der Waals surface area contributed by atoms with Gasteiger partial charge in [0.05, 0.1) is 12.2 Å². The molecule has 2 fully saturated rings. The van der Waals surface area contributed by atoms with Gasteiger partial charge >= 0.3 is 6.03 Å². The van der Waals surface area contributed by atoms with Gasteiger partial charge in [0.15, 0.2) is 0 Å². The second-order valence-electron chi connectivity index (χ2n) is 15.2. The predicted molar refractivity (Wildman–Crippen MR) is 200 cm³/mol. The maximum Gasteiger partial charge on any atom is 0.326 e. The van der Waals surface area contributed by atoms with Crippen LogP contribution in [-0.4, -0.2) is 58.3 Å². The quantitative estimate of drug-likeness (QED) is 0.265. The average molecular weight is 719 g/mol. The van der Waals surface area contributed by atoms with Crippen LogP contribution in [0.1, 0.15) is 102 Å². The number of pyridine rings is 1. The first-order valence-electron chi connectivity index (χ1n) is 17.9. The van der Waals surface area contributed by atoms with E-state index in [4.69, 9.17) is 37.9 Å². The minimum atomic E-state index is -1.03. The molecule has 3 aromatic rings. The summed E-state index contributed by atoms with van der Waals surface area (Å²) in [5.41, 5.74) is 1.06. The van der Waals surface area contributed by atoms with Gasteiger partial charge in [-0.3, -0.25) is 19.7 Å². The molecule has 10 heteroatoms. The molecule has 266 valence electrons. The Morgan fingerprint density at radius 1 is 0.920 bits per heavy atom. The molecule has 1 N–H and O–H groups in total. The zero-order valence-electron chi connectivity index (χ0n) is 30.1. The van der Waals surface area contributed by atoms with E-state index in [-0.39, 0.29) is 29.3 Å². The van der Waals surface area contributed by atoms with Gasteiger partial charge in [-0.25, -0.2) is 4.79 Å². The Morgan fingerprint density at radius 2 is 1.50 bits per heavy atom. The molecule has 0 radical (unpaired) electrons. The van der Waals surface area contributed by atoms with E-state index >= 15 is 4.79 Å². The molecule has 1 aliphatic carbocycles. The van der Waals surface area contributed by atoms with Crippen LogP contribution in [0.2, 0.25) is 10.0 Å². The molecule has 0 spiro atoms. The average Bonchev–Trinajstić information content (AvgIpc) is 3.69. The van der Waals surface area contributed by atoms with Gasteiger partial charge in [-0.2, -0.15) is 0 Å². The highest BCUT2D eigenvalue weighted by molar-refractivity contribution is 6.30. The lowest BCUT2D eigenvalue weighted by atomic mass is 9.71. The number of aromatic nitrogens is 1. The van der Waals surface area contributed by atoms with Crippen molar-refractivity contribution in [2.24, 2.45) is 10.9 Å². The number of halogens is 2. The van der Waals surface area contributed by atoms with Crippen molar-refractivity contribution in [3.8, 4) is 5.75 Å². The second-order valence-corrected chi connectivity index (χ2v) is 16.1. The van der Waals surface area contributed by atoms with Crippen LogP contribution >= 0.6 is 23.2 Å². The van der Waals surface area contributed by atoms with Gasteiger partial charge in [0.25, 0.3) is 0 Å². The number of carbonyl (C=O) groups is 2. The third kappa shape index (κ3) is 6.73. The van der Waals surface area contributed by atoms with Crippen molar-refractivity contribution in [3.05, 3.63) is 93.2 Å². The van der Waals surface area contributed by atoms with Gasteiger partial charge in [-0.1, -0.05) is 81.1 Å². The topological polar surface area (TPSA) is 87.1 Å². The summed E-state index contributed by atoms with van der Waals surface area (Å²) in [4.78, 5) is 42.5. The molecule has 8 nitrogen and oxygen atoms in total. The van der Waals surface area contributed by atoms with Crippen LogP contribution < -0.4 is 10.1 Å². The fraction of sp³-hybridized carbons (Fsp3) is 0.500. The van der Waals surface area contributed by atoms with Crippen LogP contribution in [0.25, 0.3) is 0 Å². The number of piperidine rings is 1. The lowest BCUT2D eigenvalue weighted by molar-refractivity contribution is -0.127. The Hall–Kier alpha value is -3.62. The summed E-state index contributed by atoms with van der Waals surface area (Å²) in [5.74, 6) is 1.08. The van der Waals surface area contributed by atoms with E-state index in [1.165, 1.54) is 12.8 Å². The minimum Gasteiger partial charge on any atom is -0.493 e. The summed E-state index contributed by atoms with van der Waals surface area (Å²) in [6.45, 7) is 13.8. The Labute approximate surface area is 306 Å². The van der Waals surface area contributed by atoms with Crippen LogP contribution in [0.15, 0.2) is 65.8 Å². The Kier molecular flexibility index (Phi) is 10.3. The van der Waals surface area contributed by atoms with Gasteiger partial charge in [0, 0.05) is 58.5 Å². The Morgan fingerprint density at radius 3 is 2.06 bits per heavy atom. The fourth-order valence-corrected chi connectivity index (χ4v) is 7.97. The molecule has 0 bridgehead atoms. The molecular weight excluding hydrogens is 669 g/mol. The highest BCUT2D eigenvalue weighted by Gasteiger charge is 2.60. The molecule has 2 aliphatic heterocycles. The van der Waals surface area contributed by atoms with Crippen molar-refractivity contribution in [1.82, 2.24) is 20.1 Å². The molecule has 0 unspecified atom stereocenters. The molecule has 1 aromatic heterocycles. The molecule has 1 saturated heterocycles. The first kappa shape index (κ1) is 36.2. The molecular formula is C40H49Cl2N5O3. The monoisotopic (exact) mass is 717 g/mol. The molecule has 1 saturated carbocycles. The van der Waals surface area contributed by atoms with Crippen LogP contribution in [0.5, 0.6) is 5.75 Å². The number of rotatable bonds is 7. The van der Waals surface area contributed by atoms with Crippen LogP contribution in [-0.2, 0) is 21.3 Å². The lowest BCUT2D eigenvalue weighted by Crippen LogP contribution is -2.59. The zero-order valence-corrected chi connectivity index (χ0v) is 31.6. The van der Waals surface area contributed by atoms with Gasteiger partial charge in [0.1, 0.15) is 22.7 Å². The second kappa shape index (κ2) is 14.2. The number of benzene rings is 2. The van der Waals surface area contributed by atoms with E-state index < -0.39 is 11.1 Å². The summed E-state index contributed by atoms with van der Waals surface area (Å²) in [6, 6.07) is 17.4. The number of amidine groups is 1. The summed E-state index contributed by atoms with van der Waals surface area (Å²) in [6.07, 6.45) is 7.42. The molecule has 3 amide bonds. The highest BCUT2D eigenvalue weighted by Crippen LogP contribution is 2.54. The number of likely N-dealkylation sites (tertiary alicyclic amines) is 1. The smallest absolute Gasteiger partial charge is 0.326 e. The number of urea groups is 1. The largest absolute Gasteiger partial charge is 0.493 e. The number of hydrogen-bond donors (Lipinski definition) is 1. The van der Waals surface area contributed by atoms with Gasteiger partial charge < -0.3 is 15.0 Å². The maximum atomic E-state index is 15.2. The van der Waals surface area contributed by atoms with E-state index in [0.717, 1.165) is 29.7 Å². The van der Waals surface area contributed by atoms with Gasteiger partial charge in [-0.05, 0) is 81.8 Å².